The van der Waals surface area contributed by atoms with Gasteiger partial charge in [-0.2, -0.15) is 0 Å². The van der Waals surface area contributed by atoms with Crippen LogP contribution in [0.15, 0.2) is 11.4 Å². The number of thiophene rings is 1. The molecule has 110 valence electrons. The van der Waals surface area contributed by atoms with Crippen LogP contribution in [-0.4, -0.2) is 48.0 Å². The summed E-state index contributed by atoms with van der Waals surface area (Å²) in [7, 11) is 0. The van der Waals surface area contributed by atoms with Crippen molar-refractivity contribution in [3.63, 3.8) is 0 Å². The molecular weight excluding hydrogens is 272 g/mol. The number of hydrogen-bond acceptors (Lipinski definition) is 5. The first-order chi connectivity index (χ1) is 9.52. The molecule has 1 aliphatic heterocycles. The third kappa shape index (κ3) is 4.30. The van der Waals surface area contributed by atoms with Crippen molar-refractivity contribution in [2.75, 3.05) is 26.2 Å². The average Bonchev–Trinajstić information content (AvgIpc) is 2.82. The number of aliphatic hydroxyl groups excluding tert-OH is 1. The first kappa shape index (κ1) is 15.5. The molecule has 4 nitrogen and oxygen atoms in total. The fourth-order valence-electron chi connectivity index (χ4n) is 2.53. The molecule has 0 bridgehead atoms. The highest BCUT2D eigenvalue weighted by Crippen LogP contribution is 2.24. The Kier molecular flexibility index (Phi) is 5.19. The van der Waals surface area contributed by atoms with E-state index in [9.17, 15) is 5.11 Å². The van der Waals surface area contributed by atoms with Gasteiger partial charge in [0.25, 0.3) is 0 Å². The lowest BCUT2D eigenvalue weighted by atomic mass is 10.1. The average molecular weight is 294 g/mol. The van der Waals surface area contributed by atoms with E-state index in [1.54, 1.807) is 11.3 Å². The second-order valence-corrected chi connectivity index (χ2v) is 6.66. The Hall–Kier alpha value is -0.900. The van der Waals surface area contributed by atoms with Crippen LogP contribution < -0.4 is 5.73 Å². The van der Waals surface area contributed by atoms with Crippen molar-refractivity contribution in [1.29, 1.82) is 0 Å². The van der Waals surface area contributed by atoms with Crippen molar-refractivity contribution in [1.82, 2.24) is 4.90 Å². The Morgan fingerprint density at radius 2 is 2.40 bits per heavy atom. The number of morpholine rings is 1. The molecule has 20 heavy (non-hydrogen) atoms. The minimum absolute atomic E-state index is 0.0671. The minimum Gasteiger partial charge on any atom is -0.394 e. The Morgan fingerprint density at radius 3 is 3.10 bits per heavy atom. The zero-order valence-electron chi connectivity index (χ0n) is 12.1. The molecule has 2 heterocycles. The van der Waals surface area contributed by atoms with E-state index in [-0.39, 0.29) is 18.3 Å². The van der Waals surface area contributed by atoms with Gasteiger partial charge in [0.1, 0.15) is 0 Å². The molecule has 1 atom stereocenters. The molecule has 2 rings (SSSR count). The molecule has 0 saturated carbocycles. The number of ether oxygens (including phenoxy) is 1. The number of nitrogens with two attached hydrogens (primary N) is 1. The molecule has 1 aromatic rings. The maximum Gasteiger partial charge on any atom is 0.0940 e. The van der Waals surface area contributed by atoms with Crippen molar-refractivity contribution >= 4 is 11.3 Å². The van der Waals surface area contributed by atoms with E-state index in [2.05, 4.69) is 42.0 Å². The largest absolute Gasteiger partial charge is 0.394 e. The van der Waals surface area contributed by atoms with Crippen LogP contribution in [0.2, 0.25) is 0 Å². The topological polar surface area (TPSA) is 58.7 Å². The first-order valence-corrected chi connectivity index (χ1v) is 7.68. The summed E-state index contributed by atoms with van der Waals surface area (Å²) in [5.41, 5.74) is 6.19. The highest BCUT2D eigenvalue weighted by Gasteiger charge is 2.32. The summed E-state index contributed by atoms with van der Waals surface area (Å²) < 4.78 is 5.82. The maximum absolute atomic E-state index is 9.33. The molecule has 0 aliphatic carbocycles. The summed E-state index contributed by atoms with van der Waals surface area (Å²) in [6.45, 7) is 7.09. The summed E-state index contributed by atoms with van der Waals surface area (Å²) in [4.78, 5) is 3.61. The smallest absolute Gasteiger partial charge is 0.0940 e. The minimum atomic E-state index is -0.217. The normalized spacial score (nSPS) is 22.3. The molecule has 0 spiro atoms. The van der Waals surface area contributed by atoms with Gasteiger partial charge in [-0.3, -0.25) is 4.90 Å². The highest BCUT2D eigenvalue weighted by atomic mass is 32.1. The molecule has 5 heteroatoms. The van der Waals surface area contributed by atoms with E-state index in [0.717, 1.165) is 25.2 Å². The lowest BCUT2D eigenvalue weighted by Gasteiger charge is -2.42. The van der Waals surface area contributed by atoms with Crippen LogP contribution in [0.5, 0.6) is 0 Å². The number of rotatable bonds is 3. The van der Waals surface area contributed by atoms with Crippen molar-refractivity contribution in [2.24, 2.45) is 5.73 Å². The molecule has 1 aliphatic rings. The molecule has 1 aromatic heterocycles. The van der Waals surface area contributed by atoms with Gasteiger partial charge in [-0.1, -0.05) is 11.8 Å². The Balaban J connectivity index is 2.00. The molecule has 0 radical (unpaired) electrons. The molecule has 0 amide bonds. The number of nitrogens with zero attached hydrogens (tertiary/aromatic N) is 1. The van der Waals surface area contributed by atoms with E-state index < -0.39 is 0 Å². The van der Waals surface area contributed by atoms with Crippen LogP contribution in [0, 0.1) is 11.8 Å². The molecule has 1 unspecified atom stereocenters. The second kappa shape index (κ2) is 6.70. The zero-order chi connectivity index (χ0) is 14.6. The van der Waals surface area contributed by atoms with Crippen molar-refractivity contribution < 1.29 is 9.84 Å². The van der Waals surface area contributed by atoms with Crippen LogP contribution in [0.1, 0.15) is 24.3 Å². The third-order valence-corrected chi connectivity index (χ3v) is 4.05. The van der Waals surface area contributed by atoms with Gasteiger partial charge in [-0.15, -0.1) is 11.3 Å². The molecular formula is C15H22N2O2S. The van der Waals surface area contributed by atoms with Crippen molar-refractivity contribution in [3.05, 3.63) is 21.9 Å². The van der Waals surface area contributed by atoms with Gasteiger partial charge in [-0.05, 0) is 19.9 Å². The van der Waals surface area contributed by atoms with Crippen molar-refractivity contribution in [3.8, 4) is 11.8 Å². The van der Waals surface area contributed by atoms with Gasteiger partial charge in [0, 0.05) is 35.5 Å². The third-order valence-electron chi connectivity index (χ3n) is 3.12. The fraction of sp³-hybridized carbons (Fsp3) is 0.600. The van der Waals surface area contributed by atoms with Crippen LogP contribution in [0.3, 0.4) is 0 Å². The highest BCUT2D eigenvalue weighted by molar-refractivity contribution is 7.10. The monoisotopic (exact) mass is 294 g/mol. The van der Waals surface area contributed by atoms with Crippen molar-refractivity contribution in [2.45, 2.75) is 32.1 Å². The number of hydrogen-bond donors (Lipinski definition) is 2. The predicted molar refractivity (Wildman–Crippen MR) is 81.6 cm³/mol. The fourth-order valence-corrected chi connectivity index (χ4v) is 3.39. The molecule has 1 saturated heterocycles. The van der Waals surface area contributed by atoms with Gasteiger partial charge in [0.05, 0.1) is 24.9 Å². The summed E-state index contributed by atoms with van der Waals surface area (Å²) in [5.74, 6) is 5.92. The van der Waals surface area contributed by atoms with Gasteiger partial charge < -0.3 is 15.6 Å². The quantitative estimate of drug-likeness (QED) is 0.818. The standard InChI is InChI=1S/C15H22N2O2S/c1-15(2)11-17(7-13(9-18)19-15)8-14-6-12(10-20-14)4-3-5-16/h6,10,13,18H,5,7-9,11,16H2,1-2H3. The van der Waals surface area contributed by atoms with Crippen LogP contribution in [-0.2, 0) is 11.3 Å². The van der Waals surface area contributed by atoms with E-state index in [1.165, 1.54) is 4.88 Å². The summed E-state index contributed by atoms with van der Waals surface area (Å²) in [6.07, 6.45) is -0.102. The Bertz CT molecular complexity index is 501. The summed E-state index contributed by atoms with van der Waals surface area (Å²) in [5, 5.41) is 11.4. The molecule has 3 N–H and O–H groups in total. The lowest BCUT2D eigenvalue weighted by molar-refractivity contribution is -0.150. The first-order valence-electron chi connectivity index (χ1n) is 6.80. The van der Waals surface area contributed by atoms with Crippen LogP contribution >= 0.6 is 11.3 Å². The molecule has 0 aromatic carbocycles. The zero-order valence-corrected chi connectivity index (χ0v) is 12.9. The van der Waals surface area contributed by atoms with E-state index in [4.69, 9.17) is 10.5 Å². The summed E-state index contributed by atoms with van der Waals surface area (Å²) in [6, 6.07) is 2.11. The Morgan fingerprint density at radius 1 is 1.60 bits per heavy atom. The van der Waals surface area contributed by atoms with Gasteiger partial charge in [-0.25, -0.2) is 0 Å². The van der Waals surface area contributed by atoms with Crippen LogP contribution in [0.4, 0.5) is 0 Å². The number of aliphatic hydroxyl groups is 1. The lowest BCUT2D eigenvalue weighted by Crippen LogP contribution is -2.53. The Labute approximate surface area is 124 Å². The van der Waals surface area contributed by atoms with Gasteiger partial charge >= 0.3 is 0 Å². The van der Waals surface area contributed by atoms with E-state index >= 15 is 0 Å². The molecule has 1 fully saturated rings. The predicted octanol–water partition coefficient (Wildman–Crippen LogP) is 1.03. The van der Waals surface area contributed by atoms with Gasteiger partial charge in [0.15, 0.2) is 0 Å². The SMILES string of the molecule is CC1(C)CN(Cc2cc(C#CCN)cs2)CC(CO)O1. The van der Waals surface area contributed by atoms with Crippen LogP contribution in [0.25, 0.3) is 0 Å². The van der Waals surface area contributed by atoms with E-state index in [1.807, 2.05) is 0 Å². The van der Waals surface area contributed by atoms with E-state index in [0.29, 0.717) is 6.54 Å². The summed E-state index contributed by atoms with van der Waals surface area (Å²) >= 11 is 1.71. The second-order valence-electron chi connectivity index (χ2n) is 5.66. The van der Waals surface area contributed by atoms with Gasteiger partial charge in [0.2, 0.25) is 0 Å². The maximum atomic E-state index is 9.33.